The maximum Gasteiger partial charge on any atom is 0.573 e. The predicted octanol–water partition coefficient (Wildman–Crippen LogP) is 4.03. The number of rotatable bonds is 3. The molecule has 0 bridgehead atoms. The van der Waals surface area contributed by atoms with E-state index in [1.165, 1.54) is 12.1 Å². The van der Waals surface area contributed by atoms with Gasteiger partial charge in [0.1, 0.15) is 11.6 Å². The first-order valence-electron chi connectivity index (χ1n) is 8.44. The normalized spacial score (nSPS) is 15.1. The van der Waals surface area contributed by atoms with Crippen LogP contribution in [0.15, 0.2) is 48.7 Å². The summed E-state index contributed by atoms with van der Waals surface area (Å²) in [5.74, 6) is 0.540. The van der Waals surface area contributed by atoms with Gasteiger partial charge in [-0.2, -0.15) is 0 Å². The summed E-state index contributed by atoms with van der Waals surface area (Å²) in [6.45, 7) is 2.85. The van der Waals surface area contributed by atoms with E-state index in [1.807, 2.05) is 18.2 Å². The van der Waals surface area contributed by atoms with Gasteiger partial charge in [-0.3, -0.25) is 4.98 Å². The van der Waals surface area contributed by atoms with Gasteiger partial charge in [0.2, 0.25) is 0 Å². The summed E-state index contributed by atoms with van der Waals surface area (Å²) in [4.78, 5) is 11.3. The molecule has 0 N–H and O–H groups in total. The van der Waals surface area contributed by atoms with Crippen LogP contribution in [0.4, 0.5) is 19.0 Å². The Hall–Kier alpha value is -2.87. The van der Waals surface area contributed by atoms with Gasteiger partial charge in [-0.15, -0.1) is 13.2 Å². The molecule has 0 atom stereocenters. The Morgan fingerprint density at radius 3 is 2.33 bits per heavy atom. The highest BCUT2D eigenvalue weighted by Crippen LogP contribution is 2.28. The maximum absolute atomic E-state index is 12.3. The summed E-state index contributed by atoms with van der Waals surface area (Å²) in [5, 5.41) is 0. The minimum Gasteiger partial charge on any atom is -0.406 e. The zero-order valence-corrected chi connectivity index (χ0v) is 14.2. The van der Waals surface area contributed by atoms with Crippen molar-refractivity contribution in [2.75, 3.05) is 31.2 Å². The number of hydrogen-bond donors (Lipinski definition) is 0. The summed E-state index contributed by atoms with van der Waals surface area (Å²) in [6.07, 6.45) is -2.95. The van der Waals surface area contributed by atoms with E-state index in [0.717, 1.165) is 41.1 Å². The molecule has 1 saturated heterocycles. The van der Waals surface area contributed by atoms with Crippen molar-refractivity contribution in [3.63, 3.8) is 0 Å². The second-order valence-corrected chi connectivity index (χ2v) is 6.10. The van der Waals surface area contributed by atoms with Crippen molar-refractivity contribution < 1.29 is 22.6 Å². The SMILES string of the molecule is FC(F)(F)Oc1ccc(-c2ccc3ncc(N4CCOCC4)nc3c2)cc1. The largest absolute Gasteiger partial charge is 0.573 e. The van der Waals surface area contributed by atoms with E-state index >= 15 is 0 Å². The van der Waals surface area contributed by atoms with Crippen LogP contribution < -0.4 is 9.64 Å². The minimum atomic E-state index is -4.70. The lowest BCUT2D eigenvalue weighted by Gasteiger charge is -2.27. The van der Waals surface area contributed by atoms with Crippen LogP contribution in [-0.4, -0.2) is 42.6 Å². The molecule has 1 aliphatic heterocycles. The van der Waals surface area contributed by atoms with Crippen LogP contribution in [0.3, 0.4) is 0 Å². The number of alkyl halides is 3. The third-order valence-corrected chi connectivity index (χ3v) is 4.29. The van der Waals surface area contributed by atoms with E-state index in [-0.39, 0.29) is 5.75 Å². The van der Waals surface area contributed by atoms with E-state index in [4.69, 9.17) is 4.74 Å². The molecule has 8 heteroatoms. The van der Waals surface area contributed by atoms with Crippen molar-refractivity contribution in [1.29, 1.82) is 0 Å². The summed E-state index contributed by atoms with van der Waals surface area (Å²) in [7, 11) is 0. The molecule has 0 spiro atoms. The number of fused-ring (bicyclic) bond motifs is 1. The fourth-order valence-corrected chi connectivity index (χ4v) is 2.98. The van der Waals surface area contributed by atoms with Gasteiger partial charge in [0.05, 0.1) is 30.4 Å². The minimum absolute atomic E-state index is 0.249. The zero-order valence-electron chi connectivity index (χ0n) is 14.2. The number of aromatic nitrogens is 2. The Bertz CT molecular complexity index is 939. The average Bonchev–Trinajstić information content (AvgIpc) is 2.67. The Labute approximate surface area is 153 Å². The fraction of sp³-hybridized carbons (Fsp3) is 0.263. The van der Waals surface area contributed by atoms with Crippen molar-refractivity contribution in [3.8, 4) is 16.9 Å². The van der Waals surface area contributed by atoms with Gasteiger partial charge in [0, 0.05) is 13.1 Å². The Balaban J connectivity index is 1.62. The van der Waals surface area contributed by atoms with Gasteiger partial charge >= 0.3 is 6.36 Å². The van der Waals surface area contributed by atoms with Gasteiger partial charge in [0.25, 0.3) is 0 Å². The molecule has 2 heterocycles. The topological polar surface area (TPSA) is 47.5 Å². The summed E-state index contributed by atoms with van der Waals surface area (Å²) in [5.41, 5.74) is 3.10. The molecule has 140 valence electrons. The quantitative estimate of drug-likeness (QED) is 0.692. The van der Waals surface area contributed by atoms with Crippen LogP contribution in [0.25, 0.3) is 22.2 Å². The average molecular weight is 375 g/mol. The molecular weight excluding hydrogens is 359 g/mol. The molecule has 0 saturated carbocycles. The molecule has 0 unspecified atom stereocenters. The standard InChI is InChI=1S/C19H16F3N3O2/c20-19(21,22)27-15-4-1-13(2-5-15)14-3-6-16-17(11-14)24-18(12-23-16)25-7-9-26-10-8-25/h1-6,11-12H,7-10H2. The third-order valence-electron chi connectivity index (χ3n) is 4.29. The van der Waals surface area contributed by atoms with E-state index in [0.29, 0.717) is 13.2 Å². The first kappa shape index (κ1) is 17.5. The first-order chi connectivity index (χ1) is 13.0. The molecule has 4 rings (SSSR count). The van der Waals surface area contributed by atoms with E-state index in [1.54, 1.807) is 18.3 Å². The van der Waals surface area contributed by atoms with Crippen molar-refractivity contribution in [1.82, 2.24) is 9.97 Å². The highest BCUT2D eigenvalue weighted by Gasteiger charge is 2.30. The number of hydrogen-bond acceptors (Lipinski definition) is 5. The molecule has 2 aromatic carbocycles. The molecule has 0 aliphatic carbocycles. The van der Waals surface area contributed by atoms with Crippen LogP contribution in [0.1, 0.15) is 0 Å². The van der Waals surface area contributed by atoms with Crippen LogP contribution in [0.5, 0.6) is 5.75 Å². The molecular formula is C19H16F3N3O2. The van der Waals surface area contributed by atoms with Crippen LogP contribution in [-0.2, 0) is 4.74 Å². The molecule has 3 aromatic rings. The van der Waals surface area contributed by atoms with E-state index < -0.39 is 6.36 Å². The van der Waals surface area contributed by atoms with E-state index in [2.05, 4.69) is 19.6 Å². The lowest BCUT2D eigenvalue weighted by atomic mass is 10.0. The second kappa shape index (κ2) is 7.03. The third kappa shape index (κ3) is 4.11. The van der Waals surface area contributed by atoms with Crippen molar-refractivity contribution in [2.24, 2.45) is 0 Å². The van der Waals surface area contributed by atoms with Crippen molar-refractivity contribution in [3.05, 3.63) is 48.7 Å². The second-order valence-electron chi connectivity index (χ2n) is 6.10. The number of halogens is 3. The zero-order chi connectivity index (χ0) is 18.9. The number of benzene rings is 2. The molecule has 1 fully saturated rings. The molecule has 5 nitrogen and oxygen atoms in total. The highest BCUT2D eigenvalue weighted by atomic mass is 19.4. The van der Waals surface area contributed by atoms with Gasteiger partial charge in [-0.1, -0.05) is 18.2 Å². The number of ether oxygens (including phenoxy) is 2. The lowest BCUT2D eigenvalue weighted by Crippen LogP contribution is -2.36. The number of morpholine rings is 1. The van der Waals surface area contributed by atoms with Crippen molar-refractivity contribution >= 4 is 16.9 Å². The Morgan fingerprint density at radius 2 is 1.63 bits per heavy atom. The highest BCUT2D eigenvalue weighted by molar-refractivity contribution is 5.82. The van der Waals surface area contributed by atoms with Crippen molar-refractivity contribution in [2.45, 2.75) is 6.36 Å². The van der Waals surface area contributed by atoms with Crippen LogP contribution >= 0.6 is 0 Å². The van der Waals surface area contributed by atoms with E-state index in [9.17, 15) is 13.2 Å². The lowest BCUT2D eigenvalue weighted by molar-refractivity contribution is -0.274. The van der Waals surface area contributed by atoms with Crippen LogP contribution in [0.2, 0.25) is 0 Å². The summed E-state index contributed by atoms with van der Waals surface area (Å²) >= 11 is 0. The number of nitrogens with zero attached hydrogens (tertiary/aromatic N) is 3. The predicted molar refractivity (Wildman–Crippen MR) is 94.7 cm³/mol. The first-order valence-corrected chi connectivity index (χ1v) is 8.44. The molecule has 1 aliphatic rings. The monoisotopic (exact) mass is 375 g/mol. The molecule has 0 radical (unpaired) electrons. The maximum atomic E-state index is 12.3. The summed E-state index contributed by atoms with van der Waals surface area (Å²) < 4.78 is 46.1. The fourth-order valence-electron chi connectivity index (χ4n) is 2.98. The molecule has 1 aromatic heterocycles. The molecule has 0 amide bonds. The van der Waals surface area contributed by atoms with Gasteiger partial charge in [0.15, 0.2) is 0 Å². The van der Waals surface area contributed by atoms with Crippen LogP contribution in [0, 0.1) is 0 Å². The number of anilines is 1. The smallest absolute Gasteiger partial charge is 0.406 e. The van der Waals surface area contributed by atoms with Gasteiger partial charge in [-0.25, -0.2) is 4.98 Å². The Kier molecular flexibility index (Phi) is 4.57. The van der Waals surface area contributed by atoms with Gasteiger partial charge < -0.3 is 14.4 Å². The summed E-state index contributed by atoms with van der Waals surface area (Å²) in [6, 6.07) is 11.4. The van der Waals surface area contributed by atoms with Gasteiger partial charge in [-0.05, 0) is 35.4 Å². The Morgan fingerprint density at radius 1 is 0.926 bits per heavy atom. The molecule has 27 heavy (non-hydrogen) atoms.